The fourth-order valence-corrected chi connectivity index (χ4v) is 4.69. The standard InChI is InChI=1S/C28H36N2O5/c1-17(2)23(28(5,6)24(31)29-16-27(3,4)25(32)33)30-26(34)35-15-22-20-13-9-7-11-18(20)19-12-8-10-14-21(19)22/h7-14,17,22-23H,15-16H2,1-6H3,(H,29,31)(H,30,34)(H,32,33). The molecule has 0 fully saturated rings. The molecule has 0 aliphatic heterocycles. The summed E-state index contributed by atoms with van der Waals surface area (Å²) in [5, 5.41) is 15.0. The lowest BCUT2D eigenvalue weighted by Crippen LogP contribution is -2.56. The first-order valence-electron chi connectivity index (χ1n) is 12.0. The number of hydrogen-bond donors (Lipinski definition) is 3. The lowest BCUT2D eigenvalue weighted by Gasteiger charge is -2.36. The lowest BCUT2D eigenvalue weighted by molar-refractivity contribution is -0.147. The van der Waals surface area contributed by atoms with Crippen LogP contribution < -0.4 is 10.6 Å². The number of fused-ring (bicyclic) bond motifs is 3. The van der Waals surface area contributed by atoms with Gasteiger partial charge in [-0.2, -0.15) is 0 Å². The van der Waals surface area contributed by atoms with Gasteiger partial charge in [-0.25, -0.2) is 4.79 Å². The maximum absolute atomic E-state index is 13.0. The molecule has 7 heteroatoms. The molecular formula is C28H36N2O5. The normalized spacial score (nSPS) is 14.1. The van der Waals surface area contributed by atoms with Crippen LogP contribution in [0.1, 0.15) is 58.6 Å². The summed E-state index contributed by atoms with van der Waals surface area (Å²) < 4.78 is 5.68. The Labute approximate surface area is 207 Å². The molecule has 0 radical (unpaired) electrons. The largest absolute Gasteiger partial charge is 0.481 e. The van der Waals surface area contributed by atoms with Crippen LogP contribution in [0.25, 0.3) is 11.1 Å². The zero-order chi connectivity index (χ0) is 26.0. The van der Waals surface area contributed by atoms with E-state index in [1.54, 1.807) is 27.7 Å². The highest BCUT2D eigenvalue weighted by Crippen LogP contribution is 2.44. The summed E-state index contributed by atoms with van der Waals surface area (Å²) in [4.78, 5) is 37.3. The third kappa shape index (κ3) is 5.50. The summed E-state index contributed by atoms with van der Waals surface area (Å²) >= 11 is 0. The number of carbonyl (C=O) groups excluding carboxylic acids is 2. The highest BCUT2D eigenvalue weighted by Gasteiger charge is 2.41. The van der Waals surface area contributed by atoms with E-state index in [1.165, 1.54) is 0 Å². The van der Waals surface area contributed by atoms with E-state index in [-0.39, 0.29) is 30.9 Å². The van der Waals surface area contributed by atoms with Crippen LogP contribution in [0.4, 0.5) is 4.79 Å². The van der Waals surface area contributed by atoms with Crippen molar-refractivity contribution in [3.05, 3.63) is 59.7 Å². The number of carboxylic acids is 1. The minimum atomic E-state index is -1.10. The molecule has 0 bridgehead atoms. The SMILES string of the molecule is CC(C)C(NC(=O)OCC1c2ccccc2-c2ccccc21)C(C)(C)C(=O)NCC(C)(C)C(=O)O. The van der Waals surface area contributed by atoms with Crippen molar-refractivity contribution in [2.75, 3.05) is 13.2 Å². The van der Waals surface area contributed by atoms with Gasteiger partial charge in [0.15, 0.2) is 0 Å². The second-order valence-electron chi connectivity index (χ2n) is 10.8. The van der Waals surface area contributed by atoms with E-state index in [2.05, 4.69) is 34.9 Å². The molecule has 1 atom stereocenters. The van der Waals surface area contributed by atoms with E-state index in [9.17, 15) is 19.5 Å². The van der Waals surface area contributed by atoms with Crippen LogP contribution in [0.2, 0.25) is 0 Å². The van der Waals surface area contributed by atoms with Gasteiger partial charge in [0, 0.05) is 18.5 Å². The van der Waals surface area contributed by atoms with Gasteiger partial charge in [-0.15, -0.1) is 0 Å². The first-order valence-corrected chi connectivity index (χ1v) is 12.0. The molecule has 7 nitrogen and oxygen atoms in total. The van der Waals surface area contributed by atoms with E-state index in [1.807, 2.05) is 38.1 Å². The molecule has 3 N–H and O–H groups in total. The average Bonchev–Trinajstić information content (AvgIpc) is 3.13. The molecule has 3 rings (SSSR count). The maximum atomic E-state index is 13.0. The molecule has 0 saturated carbocycles. The second-order valence-corrected chi connectivity index (χ2v) is 10.8. The Kier molecular flexibility index (Phi) is 7.58. The molecule has 0 saturated heterocycles. The minimum absolute atomic E-state index is 0.0135. The summed E-state index contributed by atoms with van der Waals surface area (Å²) in [5.74, 6) is -1.44. The average molecular weight is 481 g/mol. The molecule has 0 spiro atoms. The van der Waals surface area contributed by atoms with E-state index < -0.39 is 28.9 Å². The third-order valence-corrected chi connectivity index (χ3v) is 6.92. The topological polar surface area (TPSA) is 105 Å². The number of rotatable bonds is 9. The second kappa shape index (κ2) is 10.1. The fraction of sp³-hybridized carbons (Fsp3) is 0.464. The highest BCUT2D eigenvalue weighted by molar-refractivity contribution is 5.84. The number of aliphatic carboxylic acids is 1. The summed E-state index contributed by atoms with van der Waals surface area (Å²) in [6.45, 7) is 10.6. The quantitative estimate of drug-likeness (QED) is 0.478. The van der Waals surface area contributed by atoms with Crippen LogP contribution >= 0.6 is 0 Å². The molecule has 188 valence electrons. The van der Waals surface area contributed by atoms with Crippen molar-refractivity contribution in [1.29, 1.82) is 0 Å². The van der Waals surface area contributed by atoms with Crippen LogP contribution in [-0.2, 0) is 14.3 Å². The number of amides is 2. The van der Waals surface area contributed by atoms with Crippen molar-refractivity contribution in [3.8, 4) is 11.1 Å². The van der Waals surface area contributed by atoms with Gasteiger partial charge in [0.2, 0.25) is 5.91 Å². The van der Waals surface area contributed by atoms with Crippen molar-refractivity contribution >= 4 is 18.0 Å². The highest BCUT2D eigenvalue weighted by atomic mass is 16.5. The zero-order valence-corrected chi connectivity index (χ0v) is 21.3. The first-order chi connectivity index (χ1) is 16.4. The predicted molar refractivity (Wildman–Crippen MR) is 135 cm³/mol. The van der Waals surface area contributed by atoms with Gasteiger partial charge in [0.25, 0.3) is 0 Å². The van der Waals surface area contributed by atoms with E-state index in [0.29, 0.717) is 0 Å². The van der Waals surface area contributed by atoms with Gasteiger partial charge in [0.1, 0.15) is 6.61 Å². The smallest absolute Gasteiger partial charge is 0.407 e. The lowest BCUT2D eigenvalue weighted by atomic mass is 9.77. The van der Waals surface area contributed by atoms with Crippen LogP contribution in [0.15, 0.2) is 48.5 Å². The zero-order valence-electron chi connectivity index (χ0n) is 21.3. The predicted octanol–water partition coefficient (Wildman–Crippen LogP) is 4.80. The Hall–Kier alpha value is -3.35. The van der Waals surface area contributed by atoms with Crippen molar-refractivity contribution in [1.82, 2.24) is 10.6 Å². The van der Waals surface area contributed by atoms with E-state index in [4.69, 9.17) is 4.74 Å². The first kappa shape index (κ1) is 26.3. The van der Waals surface area contributed by atoms with Gasteiger partial charge in [-0.3, -0.25) is 9.59 Å². The fourth-order valence-electron chi connectivity index (χ4n) is 4.69. The maximum Gasteiger partial charge on any atom is 0.407 e. The van der Waals surface area contributed by atoms with Crippen molar-refractivity contribution in [2.45, 2.75) is 53.5 Å². The van der Waals surface area contributed by atoms with E-state index in [0.717, 1.165) is 22.3 Å². The Morgan fingerprint density at radius 2 is 1.46 bits per heavy atom. The molecule has 0 heterocycles. The number of nitrogens with one attached hydrogen (secondary N) is 2. The van der Waals surface area contributed by atoms with Gasteiger partial charge in [0.05, 0.1) is 10.8 Å². The number of hydrogen-bond acceptors (Lipinski definition) is 4. The number of alkyl carbamates (subject to hydrolysis) is 1. The number of benzene rings is 2. The summed E-state index contributed by atoms with van der Waals surface area (Å²) in [6, 6.07) is 15.7. The molecule has 2 aromatic rings. The summed E-state index contributed by atoms with van der Waals surface area (Å²) in [7, 11) is 0. The van der Waals surface area contributed by atoms with Crippen molar-refractivity contribution in [2.24, 2.45) is 16.7 Å². The van der Waals surface area contributed by atoms with Crippen molar-refractivity contribution in [3.63, 3.8) is 0 Å². The molecule has 1 aliphatic carbocycles. The Balaban J connectivity index is 1.67. The Morgan fingerprint density at radius 3 is 1.94 bits per heavy atom. The Morgan fingerprint density at radius 1 is 0.943 bits per heavy atom. The van der Waals surface area contributed by atoms with Gasteiger partial charge < -0.3 is 20.5 Å². The van der Waals surface area contributed by atoms with Crippen LogP contribution in [0.3, 0.4) is 0 Å². The van der Waals surface area contributed by atoms with Gasteiger partial charge >= 0.3 is 12.1 Å². The summed E-state index contributed by atoms with van der Waals surface area (Å²) in [5.41, 5.74) is 2.47. The van der Waals surface area contributed by atoms with Gasteiger partial charge in [-0.1, -0.05) is 62.4 Å². The molecule has 0 aromatic heterocycles. The molecule has 35 heavy (non-hydrogen) atoms. The Bertz CT molecular complexity index is 1060. The molecule has 2 aromatic carbocycles. The number of carbonyl (C=O) groups is 3. The minimum Gasteiger partial charge on any atom is -0.481 e. The van der Waals surface area contributed by atoms with Crippen molar-refractivity contribution < 1.29 is 24.2 Å². The summed E-state index contributed by atoms with van der Waals surface area (Å²) in [6.07, 6.45) is -0.586. The molecule has 2 amide bonds. The van der Waals surface area contributed by atoms with Gasteiger partial charge in [-0.05, 0) is 55.9 Å². The molecular weight excluding hydrogens is 444 g/mol. The van der Waals surface area contributed by atoms with E-state index >= 15 is 0 Å². The number of carboxylic acid groups (broad SMARTS) is 1. The van der Waals surface area contributed by atoms with Crippen LogP contribution in [-0.4, -0.2) is 42.3 Å². The monoisotopic (exact) mass is 480 g/mol. The molecule has 1 unspecified atom stereocenters. The van der Waals surface area contributed by atoms with Crippen LogP contribution in [0.5, 0.6) is 0 Å². The molecule has 1 aliphatic rings. The number of ether oxygens (including phenoxy) is 1. The van der Waals surface area contributed by atoms with Crippen LogP contribution in [0, 0.1) is 16.7 Å². The third-order valence-electron chi connectivity index (χ3n) is 6.92.